The lowest BCUT2D eigenvalue weighted by Crippen LogP contribution is -2.41. The van der Waals surface area contributed by atoms with Gasteiger partial charge in [-0.1, -0.05) is 6.07 Å². The maximum atomic E-state index is 13.1. The van der Waals surface area contributed by atoms with Gasteiger partial charge < -0.3 is 10.1 Å². The van der Waals surface area contributed by atoms with E-state index in [9.17, 15) is 17.6 Å². The highest BCUT2D eigenvalue weighted by molar-refractivity contribution is 7.91. The molecule has 0 spiro atoms. The van der Waals surface area contributed by atoms with Crippen molar-refractivity contribution >= 4 is 15.7 Å². The monoisotopic (exact) mass is 364 g/mol. The molecule has 2 heterocycles. The molecule has 0 saturated carbocycles. The van der Waals surface area contributed by atoms with Crippen molar-refractivity contribution in [3.63, 3.8) is 0 Å². The quantitative estimate of drug-likeness (QED) is 0.900. The zero-order valence-corrected chi connectivity index (χ0v) is 14.1. The van der Waals surface area contributed by atoms with E-state index < -0.39 is 15.7 Å². The van der Waals surface area contributed by atoms with Crippen LogP contribution in [0.5, 0.6) is 11.5 Å². The molecule has 3 rings (SSSR count). The molecule has 0 atom stereocenters. The van der Waals surface area contributed by atoms with Crippen LogP contribution in [0.15, 0.2) is 42.6 Å². The second-order valence-corrected chi connectivity index (χ2v) is 8.14. The van der Waals surface area contributed by atoms with Crippen molar-refractivity contribution in [1.29, 1.82) is 0 Å². The van der Waals surface area contributed by atoms with Gasteiger partial charge in [-0.3, -0.25) is 4.79 Å². The minimum Gasteiger partial charge on any atom is -0.456 e. The third-order valence-corrected chi connectivity index (χ3v) is 5.61. The minimum absolute atomic E-state index is 0.0891. The van der Waals surface area contributed by atoms with E-state index in [0.717, 1.165) is 0 Å². The second kappa shape index (κ2) is 7.18. The SMILES string of the molecule is O=C(NC1CCS(=O)(=O)CC1)c1ccc(Oc2cccc(F)c2)cn1. The molecule has 1 fully saturated rings. The highest BCUT2D eigenvalue weighted by Gasteiger charge is 2.25. The van der Waals surface area contributed by atoms with E-state index in [1.54, 1.807) is 12.1 Å². The molecule has 0 radical (unpaired) electrons. The standard InChI is InChI=1S/C17H17FN2O4S/c18-12-2-1-3-14(10-12)24-15-4-5-16(19-11-15)17(21)20-13-6-8-25(22,23)9-7-13/h1-5,10-11,13H,6-9H2,(H,20,21). The Kier molecular flexibility index (Phi) is 4.98. The number of rotatable bonds is 4. The number of nitrogens with zero attached hydrogens (tertiary/aromatic N) is 1. The zero-order chi connectivity index (χ0) is 17.9. The van der Waals surface area contributed by atoms with Gasteiger partial charge >= 0.3 is 0 Å². The van der Waals surface area contributed by atoms with Gasteiger partial charge in [0, 0.05) is 12.1 Å². The van der Waals surface area contributed by atoms with Gasteiger partial charge in [-0.05, 0) is 37.1 Å². The summed E-state index contributed by atoms with van der Waals surface area (Å²) in [6.45, 7) is 0. The predicted molar refractivity (Wildman–Crippen MR) is 89.9 cm³/mol. The van der Waals surface area contributed by atoms with E-state index in [2.05, 4.69) is 10.3 Å². The van der Waals surface area contributed by atoms with Crippen molar-refractivity contribution in [2.75, 3.05) is 11.5 Å². The molecule has 1 saturated heterocycles. The molecule has 2 aromatic rings. The number of aromatic nitrogens is 1. The molecule has 0 bridgehead atoms. The maximum absolute atomic E-state index is 13.1. The maximum Gasteiger partial charge on any atom is 0.270 e. The van der Waals surface area contributed by atoms with Gasteiger partial charge in [-0.25, -0.2) is 17.8 Å². The van der Waals surface area contributed by atoms with Crippen LogP contribution in [0.4, 0.5) is 4.39 Å². The van der Waals surface area contributed by atoms with Crippen LogP contribution < -0.4 is 10.1 Å². The molecule has 25 heavy (non-hydrogen) atoms. The molecule has 0 unspecified atom stereocenters. The van der Waals surface area contributed by atoms with Gasteiger partial charge in [0.15, 0.2) is 0 Å². The molecular formula is C17H17FN2O4S. The number of hydrogen-bond acceptors (Lipinski definition) is 5. The van der Waals surface area contributed by atoms with Crippen LogP contribution in [0.2, 0.25) is 0 Å². The first-order valence-corrected chi connectivity index (χ1v) is 9.64. The molecule has 0 aliphatic carbocycles. The summed E-state index contributed by atoms with van der Waals surface area (Å²) >= 11 is 0. The number of ether oxygens (including phenoxy) is 1. The van der Waals surface area contributed by atoms with E-state index in [0.29, 0.717) is 24.3 Å². The summed E-state index contributed by atoms with van der Waals surface area (Å²) in [5, 5.41) is 2.79. The van der Waals surface area contributed by atoms with Crippen LogP contribution in [0.25, 0.3) is 0 Å². The summed E-state index contributed by atoms with van der Waals surface area (Å²) in [7, 11) is -2.96. The summed E-state index contributed by atoms with van der Waals surface area (Å²) in [6.07, 6.45) is 2.20. The molecule has 1 aromatic carbocycles. The lowest BCUT2D eigenvalue weighted by Gasteiger charge is -2.22. The Morgan fingerprint density at radius 2 is 1.92 bits per heavy atom. The number of hydrogen-bond donors (Lipinski definition) is 1. The van der Waals surface area contributed by atoms with Crippen molar-refractivity contribution in [3.05, 3.63) is 54.1 Å². The number of halogens is 1. The van der Waals surface area contributed by atoms with Gasteiger partial charge in [-0.15, -0.1) is 0 Å². The fraction of sp³-hybridized carbons (Fsp3) is 0.294. The predicted octanol–water partition coefficient (Wildman–Crippen LogP) is 2.32. The van der Waals surface area contributed by atoms with E-state index in [1.807, 2.05) is 0 Å². The van der Waals surface area contributed by atoms with E-state index in [-0.39, 0.29) is 29.1 Å². The molecule has 8 heteroatoms. The van der Waals surface area contributed by atoms with Gasteiger partial charge in [0.1, 0.15) is 32.8 Å². The van der Waals surface area contributed by atoms with Gasteiger partial charge in [0.2, 0.25) is 0 Å². The third-order valence-electron chi connectivity index (χ3n) is 3.89. The van der Waals surface area contributed by atoms with E-state index in [1.165, 1.54) is 30.5 Å². The number of sulfone groups is 1. The number of amides is 1. The van der Waals surface area contributed by atoms with Crippen LogP contribution in [-0.4, -0.2) is 36.9 Å². The first-order valence-electron chi connectivity index (χ1n) is 7.82. The first kappa shape index (κ1) is 17.3. The Morgan fingerprint density at radius 1 is 1.16 bits per heavy atom. The summed E-state index contributed by atoms with van der Waals surface area (Å²) in [5.41, 5.74) is 0.208. The molecule has 1 aromatic heterocycles. The lowest BCUT2D eigenvalue weighted by atomic mass is 10.1. The third kappa shape index (κ3) is 4.76. The number of benzene rings is 1. The molecule has 1 amide bonds. The van der Waals surface area contributed by atoms with E-state index in [4.69, 9.17) is 4.74 Å². The van der Waals surface area contributed by atoms with Gasteiger partial charge in [0.05, 0.1) is 17.7 Å². The normalized spacial score (nSPS) is 17.0. The molecule has 6 nitrogen and oxygen atoms in total. The Morgan fingerprint density at radius 3 is 2.56 bits per heavy atom. The Labute approximate surface area is 145 Å². The summed E-state index contributed by atoms with van der Waals surface area (Å²) in [6, 6.07) is 8.61. The average molecular weight is 364 g/mol. The lowest BCUT2D eigenvalue weighted by molar-refractivity contribution is 0.0929. The zero-order valence-electron chi connectivity index (χ0n) is 13.3. The molecule has 1 aliphatic rings. The Hall–Kier alpha value is -2.48. The van der Waals surface area contributed by atoms with Crippen LogP contribution >= 0.6 is 0 Å². The Balaban J connectivity index is 1.59. The van der Waals surface area contributed by atoms with Gasteiger partial charge in [-0.2, -0.15) is 0 Å². The number of nitrogens with one attached hydrogen (secondary N) is 1. The second-order valence-electron chi connectivity index (χ2n) is 5.84. The average Bonchev–Trinajstić information content (AvgIpc) is 2.57. The number of carbonyl (C=O) groups excluding carboxylic acids is 1. The highest BCUT2D eigenvalue weighted by atomic mass is 32.2. The summed E-state index contributed by atoms with van der Waals surface area (Å²) in [5.74, 6) is 0.128. The topological polar surface area (TPSA) is 85.4 Å². The fourth-order valence-electron chi connectivity index (χ4n) is 2.54. The van der Waals surface area contributed by atoms with E-state index >= 15 is 0 Å². The highest BCUT2D eigenvalue weighted by Crippen LogP contribution is 2.21. The Bertz CT molecular complexity index is 854. The van der Waals surface area contributed by atoms with Crippen molar-refractivity contribution in [2.45, 2.75) is 18.9 Å². The smallest absolute Gasteiger partial charge is 0.270 e. The number of carbonyl (C=O) groups is 1. The first-order chi connectivity index (χ1) is 11.9. The van der Waals surface area contributed by atoms with Crippen molar-refractivity contribution in [2.24, 2.45) is 0 Å². The van der Waals surface area contributed by atoms with Crippen LogP contribution in [0.3, 0.4) is 0 Å². The summed E-state index contributed by atoms with van der Waals surface area (Å²) in [4.78, 5) is 16.2. The van der Waals surface area contributed by atoms with Crippen LogP contribution in [-0.2, 0) is 9.84 Å². The summed E-state index contributed by atoms with van der Waals surface area (Å²) < 4.78 is 41.4. The van der Waals surface area contributed by atoms with Gasteiger partial charge in [0.25, 0.3) is 5.91 Å². The molecule has 1 aliphatic heterocycles. The molecule has 1 N–H and O–H groups in total. The fourth-order valence-corrected chi connectivity index (χ4v) is 4.03. The van der Waals surface area contributed by atoms with Crippen molar-refractivity contribution in [3.8, 4) is 11.5 Å². The molecular weight excluding hydrogens is 347 g/mol. The van der Waals surface area contributed by atoms with Crippen molar-refractivity contribution < 1.29 is 22.3 Å². The van der Waals surface area contributed by atoms with Crippen LogP contribution in [0.1, 0.15) is 23.3 Å². The molecule has 132 valence electrons. The minimum atomic E-state index is -2.96. The van der Waals surface area contributed by atoms with Crippen LogP contribution in [0, 0.1) is 5.82 Å². The number of pyridine rings is 1. The van der Waals surface area contributed by atoms with Crippen molar-refractivity contribution in [1.82, 2.24) is 10.3 Å². The largest absolute Gasteiger partial charge is 0.456 e.